The average Bonchev–Trinajstić information content (AvgIpc) is 2.39. The van der Waals surface area contributed by atoms with E-state index < -0.39 is 6.29 Å². The Morgan fingerprint density at radius 3 is 2.63 bits per heavy atom. The van der Waals surface area contributed by atoms with Crippen molar-refractivity contribution in [3.8, 4) is 5.75 Å². The number of aliphatic hydroxyl groups is 1. The molecule has 0 aliphatic rings. The zero-order valence-corrected chi connectivity index (χ0v) is 11.5. The van der Waals surface area contributed by atoms with Crippen LogP contribution in [0.5, 0.6) is 5.75 Å². The molecule has 0 amide bonds. The van der Waals surface area contributed by atoms with Gasteiger partial charge in [-0.2, -0.15) is 0 Å². The molecule has 3 heteroatoms. The Morgan fingerprint density at radius 2 is 1.84 bits per heavy atom. The van der Waals surface area contributed by atoms with E-state index in [9.17, 15) is 5.11 Å². The Labute approximate surface area is 114 Å². The number of rotatable bonds is 6. The van der Waals surface area contributed by atoms with Gasteiger partial charge in [0.15, 0.2) is 6.29 Å². The summed E-state index contributed by atoms with van der Waals surface area (Å²) in [5.41, 5.74) is 0. The molecular weight excluding hydrogens is 238 g/mol. The maximum atomic E-state index is 9.91. The monoisotopic (exact) mass is 259 g/mol. The molecule has 0 saturated heterocycles. The number of ether oxygens (including phenoxy) is 1. The van der Waals surface area contributed by atoms with Crippen LogP contribution in [0.4, 0.5) is 0 Å². The van der Waals surface area contributed by atoms with Gasteiger partial charge >= 0.3 is 0 Å². The highest BCUT2D eigenvalue weighted by Crippen LogP contribution is 2.25. The second kappa shape index (κ2) is 6.55. The molecule has 0 bridgehead atoms. The summed E-state index contributed by atoms with van der Waals surface area (Å²) in [5.74, 6) is 0.732. The fourth-order valence-corrected chi connectivity index (χ4v) is 2.00. The maximum Gasteiger partial charge on any atom is 0.198 e. The lowest BCUT2D eigenvalue weighted by atomic mass is 10.1. The van der Waals surface area contributed by atoms with Gasteiger partial charge in [-0.25, -0.2) is 0 Å². The SMILES string of the molecule is CC(C)NCC[C@H](O)Oc1cccc2ccccc12. The van der Waals surface area contributed by atoms with E-state index in [4.69, 9.17) is 4.74 Å². The molecule has 0 aliphatic heterocycles. The van der Waals surface area contributed by atoms with Crippen LogP contribution in [0.3, 0.4) is 0 Å². The lowest BCUT2D eigenvalue weighted by molar-refractivity contribution is -0.0215. The Morgan fingerprint density at radius 1 is 1.11 bits per heavy atom. The summed E-state index contributed by atoms with van der Waals surface area (Å²) in [7, 11) is 0. The van der Waals surface area contributed by atoms with Gasteiger partial charge in [0.05, 0.1) is 0 Å². The van der Waals surface area contributed by atoms with Crippen molar-refractivity contribution in [1.29, 1.82) is 0 Å². The molecule has 1 atom stereocenters. The molecule has 2 N–H and O–H groups in total. The predicted molar refractivity (Wildman–Crippen MR) is 78.3 cm³/mol. The minimum absolute atomic E-state index is 0.421. The van der Waals surface area contributed by atoms with Gasteiger partial charge in [-0.1, -0.05) is 50.2 Å². The first-order chi connectivity index (χ1) is 9.16. The molecule has 0 radical (unpaired) electrons. The molecule has 0 saturated carbocycles. The Balaban J connectivity index is 2.00. The summed E-state index contributed by atoms with van der Waals surface area (Å²) in [6, 6.07) is 14.3. The van der Waals surface area contributed by atoms with Gasteiger partial charge in [-0.15, -0.1) is 0 Å². The molecule has 3 nitrogen and oxygen atoms in total. The normalized spacial score (nSPS) is 12.8. The minimum atomic E-state index is -0.781. The Hall–Kier alpha value is -1.58. The van der Waals surface area contributed by atoms with Crippen molar-refractivity contribution in [1.82, 2.24) is 5.32 Å². The first-order valence-electron chi connectivity index (χ1n) is 6.72. The van der Waals surface area contributed by atoms with Crippen LogP contribution >= 0.6 is 0 Å². The number of aliphatic hydroxyl groups excluding tert-OH is 1. The lowest BCUT2D eigenvalue weighted by Crippen LogP contribution is -2.28. The van der Waals surface area contributed by atoms with E-state index in [0.29, 0.717) is 12.5 Å². The highest BCUT2D eigenvalue weighted by Gasteiger charge is 2.08. The smallest absolute Gasteiger partial charge is 0.198 e. The Kier molecular flexibility index (Phi) is 4.77. The van der Waals surface area contributed by atoms with E-state index in [2.05, 4.69) is 19.2 Å². The fourth-order valence-electron chi connectivity index (χ4n) is 2.00. The molecule has 102 valence electrons. The molecule has 19 heavy (non-hydrogen) atoms. The number of nitrogens with one attached hydrogen (secondary N) is 1. The topological polar surface area (TPSA) is 41.5 Å². The molecule has 2 aromatic carbocycles. The van der Waals surface area contributed by atoms with E-state index in [1.54, 1.807) is 0 Å². The van der Waals surface area contributed by atoms with E-state index >= 15 is 0 Å². The molecule has 0 unspecified atom stereocenters. The molecule has 0 fully saturated rings. The molecule has 2 aromatic rings. The zero-order chi connectivity index (χ0) is 13.7. The summed E-state index contributed by atoms with van der Waals surface area (Å²) in [4.78, 5) is 0. The predicted octanol–water partition coefficient (Wildman–Crippen LogP) is 2.93. The number of fused-ring (bicyclic) bond motifs is 1. The maximum absolute atomic E-state index is 9.91. The second-order valence-electron chi connectivity index (χ2n) is 4.95. The number of hydrogen-bond donors (Lipinski definition) is 2. The molecule has 0 spiro atoms. The summed E-state index contributed by atoms with van der Waals surface area (Å²) < 4.78 is 5.62. The van der Waals surface area contributed by atoms with Gasteiger partial charge in [0.1, 0.15) is 5.75 Å². The first-order valence-corrected chi connectivity index (χ1v) is 6.72. The van der Waals surface area contributed by atoms with Gasteiger partial charge in [0, 0.05) is 24.4 Å². The van der Waals surface area contributed by atoms with Crippen molar-refractivity contribution >= 4 is 10.8 Å². The lowest BCUT2D eigenvalue weighted by Gasteiger charge is -2.16. The largest absolute Gasteiger partial charge is 0.464 e. The minimum Gasteiger partial charge on any atom is -0.464 e. The van der Waals surface area contributed by atoms with Crippen molar-refractivity contribution in [2.45, 2.75) is 32.6 Å². The van der Waals surface area contributed by atoms with Crippen molar-refractivity contribution in [3.05, 3.63) is 42.5 Å². The van der Waals surface area contributed by atoms with Gasteiger partial charge in [-0.3, -0.25) is 0 Å². The third-order valence-electron chi connectivity index (χ3n) is 2.96. The fraction of sp³-hybridized carbons (Fsp3) is 0.375. The van der Waals surface area contributed by atoms with Crippen LogP contribution in [0.1, 0.15) is 20.3 Å². The molecule has 2 rings (SSSR count). The molecule has 0 aromatic heterocycles. The van der Waals surface area contributed by atoms with E-state index in [1.165, 1.54) is 0 Å². The van der Waals surface area contributed by atoms with Gasteiger partial charge in [0.25, 0.3) is 0 Å². The van der Waals surface area contributed by atoms with Crippen LogP contribution in [0, 0.1) is 0 Å². The van der Waals surface area contributed by atoms with Crippen molar-refractivity contribution < 1.29 is 9.84 Å². The molecule has 0 aliphatic carbocycles. The van der Waals surface area contributed by atoms with Crippen LogP contribution in [0.2, 0.25) is 0 Å². The van der Waals surface area contributed by atoms with Crippen LogP contribution in [-0.2, 0) is 0 Å². The average molecular weight is 259 g/mol. The van der Waals surface area contributed by atoms with E-state index in [-0.39, 0.29) is 0 Å². The van der Waals surface area contributed by atoms with Crippen molar-refractivity contribution in [2.75, 3.05) is 6.54 Å². The molecular formula is C16H21NO2. The number of hydrogen-bond acceptors (Lipinski definition) is 3. The highest BCUT2D eigenvalue weighted by atomic mass is 16.6. The number of benzene rings is 2. The van der Waals surface area contributed by atoms with Crippen LogP contribution in [-0.4, -0.2) is 24.0 Å². The quantitative estimate of drug-likeness (QED) is 0.784. The van der Waals surface area contributed by atoms with Crippen LogP contribution in [0.15, 0.2) is 42.5 Å². The van der Waals surface area contributed by atoms with Crippen LogP contribution < -0.4 is 10.1 Å². The summed E-state index contributed by atoms with van der Waals surface area (Å²) in [6.07, 6.45) is -0.210. The first kappa shape index (κ1) is 13.8. The third-order valence-corrected chi connectivity index (χ3v) is 2.96. The van der Waals surface area contributed by atoms with Gasteiger partial charge in [-0.05, 0) is 11.5 Å². The second-order valence-corrected chi connectivity index (χ2v) is 4.95. The Bertz CT molecular complexity index is 520. The van der Waals surface area contributed by atoms with Gasteiger partial charge < -0.3 is 15.2 Å². The van der Waals surface area contributed by atoms with E-state index in [0.717, 1.165) is 23.1 Å². The van der Waals surface area contributed by atoms with Crippen molar-refractivity contribution in [3.63, 3.8) is 0 Å². The van der Waals surface area contributed by atoms with E-state index in [1.807, 2.05) is 42.5 Å². The summed E-state index contributed by atoms with van der Waals surface area (Å²) in [6.45, 7) is 4.90. The third kappa shape index (κ3) is 3.94. The molecule has 0 heterocycles. The summed E-state index contributed by atoms with van der Waals surface area (Å²) >= 11 is 0. The van der Waals surface area contributed by atoms with Crippen molar-refractivity contribution in [2.24, 2.45) is 0 Å². The van der Waals surface area contributed by atoms with Crippen LogP contribution in [0.25, 0.3) is 10.8 Å². The van der Waals surface area contributed by atoms with Gasteiger partial charge in [0.2, 0.25) is 0 Å². The summed E-state index contributed by atoms with van der Waals surface area (Å²) in [5, 5.41) is 15.3. The zero-order valence-electron chi connectivity index (χ0n) is 11.5. The highest BCUT2D eigenvalue weighted by molar-refractivity contribution is 5.88. The standard InChI is InChI=1S/C16H21NO2/c1-12(2)17-11-10-16(18)19-15-9-5-7-13-6-3-4-8-14(13)15/h3-9,12,16-18H,10-11H2,1-2H3/t16-/m1/s1.